The van der Waals surface area contributed by atoms with Gasteiger partial charge in [-0.3, -0.25) is 0 Å². The van der Waals surface area contributed by atoms with Gasteiger partial charge in [-0.2, -0.15) is 0 Å². The Labute approximate surface area is 167 Å². The van der Waals surface area contributed by atoms with Crippen LogP contribution in [0.5, 0.6) is 11.5 Å². The minimum absolute atomic E-state index is 0.177. The summed E-state index contributed by atoms with van der Waals surface area (Å²) >= 11 is 3.74. The fourth-order valence-corrected chi connectivity index (χ4v) is 8.02. The fraction of sp³-hybridized carbons (Fsp3) is 0.739. The van der Waals surface area contributed by atoms with Crippen LogP contribution in [0.15, 0.2) is 10.5 Å². The molecule has 4 atom stereocenters. The normalized spacial score (nSPS) is 37.5. The third-order valence-electron chi connectivity index (χ3n) is 8.50. The highest BCUT2D eigenvalue weighted by Crippen LogP contribution is 2.69. The van der Waals surface area contributed by atoms with Crippen LogP contribution in [0.3, 0.4) is 0 Å². The maximum atomic E-state index is 5.91. The van der Waals surface area contributed by atoms with Crippen molar-refractivity contribution in [2.45, 2.75) is 71.6 Å². The first kappa shape index (κ1) is 18.7. The Morgan fingerprint density at radius 3 is 2.38 bits per heavy atom. The van der Waals surface area contributed by atoms with Crippen LogP contribution in [0.25, 0.3) is 0 Å². The molecular weight excluding hydrogens is 388 g/mol. The highest BCUT2D eigenvalue weighted by Gasteiger charge is 2.62. The third kappa shape index (κ3) is 2.28. The van der Waals surface area contributed by atoms with E-state index < -0.39 is 0 Å². The van der Waals surface area contributed by atoms with Crippen LogP contribution >= 0.6 is 15.9 Å². The second-order valence-corrected chi connectivity index (χ2v) is 10.9. The molecule has 4 rings (SSSR count). The SMILES string of the molecule is COc1cc(Br)c(OC)c2c1C[C@@H]1[C@@]3(C)CCCC(C)(C)[C@@H]3CC[C@]21C. The molecule has 2 fully saturated rings. The summed E-state index contributed by atoms with van der Waals surface area (Å²) in [6, 6.07) is 2.10. The van der Waals surface area contributed by atoms with Gasteiger partial charge >= 0.3 is 0 Å². The molecule has 26 heavy (non-hydrogen) atoms. The van der Waals surface area contributed by atoms with Gasteiger partial charge in [0.2, 0.25) is 0 Å². The summed E-state index contributed by atoms with van der Waals surface area (Å²) < 4.78 is 12.7. The molecule has 0 unspecified atom stereocenters. The number of halogens is 1. The topological polar surface area (TPSA) is 18.5 Å². The average molecular weight is 421 g/mol. The molecule has 0 heterocycles. The number of benzene rings is 1. The Kier molecular flexibility index (Phi) is 4.23. The number of fused-ring (bicyclic) bond motifs is 5. The number of hydrogen-bond acceptors (Lipinski definition) is 2. The predicted molar refractivity (Wildman–Crippen MR) is 110 cm³/mol. The summed E-state index contributed by atoms with van der Waals surface area (Å²) in [5.41, 5.74) is 3.84. The lowest BCUT2D eigenvalue weighted by atomic mass is 9.43. The smallest absolute Gasteiger partial charge is 0.137 e. The Morgan fingerprint density at radius 1 is 1.00 bits per heavy atom. The van der Waals surface area contributed by atoms with E-state index in [0.717, 1.165) is 28.3 Å². The van der Waals surface area contributed by atoms with E-state index in [2.05, 4.69) is 49.7 Å². The summed E-state index contributed by atoms with van der Waals surface area (Å²) in [5, 5.41) is 0. The van der Waals surface area contributed by atoms with E-state index in [0.29, 0.717) is 16.7 Å². The predicted octanol–water partition coefficient (Wildman–Crippen LogP) is 6.52. The first-order valence-electron chi connectivity index (χ1n) is 10.1. The molecule has 0 aromatic heterocycles. The standard InChI is InChI=1S/C23H33BrO2/c1-21(2)9-7-10-22(3)17(21)8-11-23(4)18(22)12-14-16(25-5)13-15(24)20(26-6)19(14)23/h13,17-18H,7-12H2,1-6H3/t17-,18+,22-,23-/m0/s1. The van der Waals surface area contributed by atoms with Crippen molar-refractivity contribution < 1.29 is 9.47 Å². The maximum Gasteiger partial charge on any atom is 0.137 e. The second-order valence-electron chi connectivity index (χ2n) is 10.1. The number of hydrogen-bond donors (Lipinski definition) is 0. The van der Waals surface area contributed by atoms with Crippen molar-refractivity contribution in [1.82, 2.24) is 0 Å². The van der Waals surface area contributed by atoms with Crippen LogP contribution in [0.2, 0.25) is 0 Å². The molecule has 0 spiro atoms. The molecule has 1 aromatic carbocycles. The summed E-state index contributed by atoms with van der Waals surface area (Å²) in [6.07, 6.45) is 7.81. The van der Waals surface area contributed by atoms with Crippen LogP contribution in [-0.4, -0.2) is 14.2 Å². The third-order valence-corrected chi connectivity index (χ3v) is 9.09. The Hall–Kier alpha value is -0.700. The van der Waals surface area contributed by atoms with Crippen LogP contribution in [0.4, 0.5) is 0 Å². The maximum absolute atomic E-state index is 5.91. The fourth-order valence-electron chi connectivity index (χ4n) is 7.45. The lowest BCUT2D eigenvalue weighted by Gasteiger charge is -2.61. The van der Waals surface area contributed by atoms with E-state index in [-0.39, 0.29) is 5.41 Å². The molecule has 0 radical (unpaired) electrons. The molecule has 0 amide bonds. The van der Waals surface area contributed by atoms with E-state index in [4.69, 9.17) is 9.47 Å². The van der Waals surface area contributed by atoms with E-state index >= 15 is 0 Å². The Bertz CT molecular complexity index is 740. The molecule has 0 saturated heterocycles. The van der Waals surface area contributed by atoms with Gasteiger partial charge in [-0.25, -0.2) is 0 Å². The molecule has 2 saturated carbocycles. The van der Waals surface area contributed by atoms with Gasteiger partial charge in [0.05, 0.1) is 18.7 Å². The first-order chi connectivity index (χ1) is 12.2. The van der Waals surface area contributed by atoms with Gasteiger partial charge in [0, 0.05) is 16.5 Å². The number of methoxy groups -OCH3 is 2. The van der Waals surface area contributed by atoms with Crippen LogP contribution in [-0.2, 0) is 11.8 Å². The molecule has 0 aliphatic heterocycles. The van der Waals surface area contributed by atoms with Crippen molar-refractivity contribution in [3.05, 3.63) is 21.7 Å². The molecular formula is C23H33BrO2. The monoisotopic (exact) mass is 420 g/mol. The number of rotatable bonds is 2. The molecule has 1 aromatic rings. The van der Waals surface area contributed by atoms with Gasteiger partial charge in [-0.05, 0) is 76.8 Å². The van der Waals surface area contributed by atoms with Crippen molar-refractivity contribution in [1.29, 1.82) is 0 Å². The van der Waals surface area contributed by atoms with Crippen molar-refractivity contribution in [3.8, 4) is 11.5 Å². The quantitative estimate of drug-likeness (QED) is 0.541. The molecule has 2 nitrogen and oxygen atoms in total. The molecule has 3 aliphatic rings. The molecule has 144 valence electrons. The summed E-state index contributed by atoms with van der Waals surface area (Å²) in [6.45, 7) is 10.1. The van der Waals surface area contributed by atoms with Gasteiger partial charge in [0.15, 0.2) is 0 Å². The summed E-state index contributed by atoms with van der Waals surface area (Å²) in [5.74, 6) is 3.54. The zero-order chi connectivity index (χ0) is 18.9. The van der Waals surface area contributed by atoms with Crippen LogP contribution in [0, 0.1) is 22.7 Å². The van der Waals surface area contributed by atoms with E-state index in [1.807, 2.05) is 0 Å². The number of ether oxygens (including phenoxy) is 2. The second kappa shape index (κ2) is 5.90. The Morgan fingerprint density at radius 2 is 1.73 bits per heavy atom. The van der Waals surface area contributed by atoms with E-state index in [1.165, 1.54) is 43.2 Å². The molecule has 3 aliphatic carbocycles. The van der Waals surface area contributed by atoms with Crippen molar-refractivity contribution in [2.75, 3.05) is 14.2 Å². The van der Waals surface area contributed by atoms with Crippen LogP contribution < -0.4 is 9.47 Å². The van der Waals surface area contributed by atoms with Crippen molar-refractivity contribution in [3.63, 3.8) is 0 Å². The molecule has 0 bridgehead atoms. The lowest BCUT2D eigenvalue weighted by molar-refractivity contribution is -0.0985. The van der Waals surface area contributed by atoms with Crippen LogP contribution in [0.1, 0.15) is 70.9 Å². The zero-order valence-corrected chi connectivity index (χ0v) is 18.8. The van der Waals surface area contributed by atoms with Gasteiger partial charge in [-0.1, -0.05) is 34.1 Å². The minimum Gasteiger partial charge on any atom is -0.496 e. The van der Waals surface area contributed by atoms with E-state index in [9.17, 15) is 0 Å². The first-order valence-corrected chi connectivity index (χ1v) is 10.9. The largest absolute Gasteiger partial charge is 0.496 e. The van der Waals surface area contributed by atoms with E-state index in [1.54, 1.807) is 14.2 Å². The minimum atomic E-state index is 0.177. The highest BCUT2D eigenvalue weighted by molar-refractivity contribution is 9.10. The summed E-state index contributed by atoms with van der Waals surface area (Å²) in [7, 11) is 3.60. The van der Waals surface area contributed by atoms with Crippen molar-refractivity contribution >= 4 is 15.9 Å². The lowest BCUT2D eigenvalue weighted by Crippen LogP contribution is -2.55. The zero-order valence-electron chi connectivity index (χ0n) is 17.2. The average Bonchev–Trinajstić information content (AvgIpc) is 2.88. The molecule has 3 heteroatoms. The highest BCUT2D eigenvalue weighted by atomic mass is 79.9. The van der Waals surface area contributed by atoms with Gasteiger partial charge in [0.25, 0.3) is 0 Å². The molecule has 0 N–H and O–H groups in total. The van der Waals surface area contributed by atoms with Crippen molar-refractivity contribution in [2.24, 2.45) is 22.7 Å². The van der Waals surface area contributed by atoms with Gasteiger partial charge < -0.3 is 9.47 Å². The Balaban J connectivity index is 1.89. The van der Waals surface area contributed by atoms with Gasteiger partial charge in [-0.15, -0.1) is 0 Å². The van der Waals surface area contributed by atoms with Gasteiger partial charge in [0.1, 0.15) is 11.5 Å². The summed E-state index contributed by atoms with van der Waals surface area (Å²) in [4.78, 5) is 0.